The average molecular weight is 240 g/mol. The van der Waals surface area contributed by atoms with Gasteiger partial charge in [0.2, 0.25) is 5.91 Å². The lowest BCUT2D eigenvalue weighted by Crippen LogP contribution is -2.43. The Balaban J connectivity index is 2.47. The highest BCUT2D eigenvalue weighted by Gasteiger charge is 2.36. The van der Waals surface area contributed by atoms with Gasteiger partial charge in [0, 0.05) is 6.04 Å². The molecular weight excluding hydrogens is 219 g/mol. The van der Waals surface area contributed by atoms with Crippen molar-refractivity contribution in [2.75, 3.05) is 6.54 Å². The standard InChI is InChI=1S/C11H21BN2O3/c12-6-9(15)14-8-1-3-11(7-13,4-2-8)5-10(16)17/h8H,1-7,12-13H2,(H,14,15)(H,16,17). The molecule has 17 heavy (non-hydrogen) atoms. The molecular formula is C11H21BN2O3. The van der Waals surface area contributed by atoms with E-state index < -0.39 is 5.97 Å². The molecule has 0 aliphatic heterocycles. The van der Waals surface area contributed by atoms with Crippen LogP contribution in [-0.2, 0) is 9.59 Å². The molecule has 0 spiro atoms. The molecule has 5 nitrogen and oxygen atoms in total. The number of carboxylic acids is 1. The minimum atomic E-state index is -0.786. The first-order chi connectivity index (χ1) is 8.01. The second-order valence-electron chi connectivity index (χ2n) is 4.97. The smallest absolute Gasteiger partial charge is 0.303 e. The van der Waals surface area contributed by atoms with Crippen molar-refractivity contribution in [3.05, 3.63) is 0 Å². The van der Waals surface area contributed by atoms with Crippen molar-refractivity contribution in [1.82, 2.24) is 5.32 Å². The number of nitrogens with one attached hydrogen (secondary N) is 1. The topological polar surface area (TPSA) is 92.4 Å². The Labute approximate surface area is 103 Å². The van der Waals surface area contributed by atoms with Crippen molar-refractivity contribution in [1.29, 1.82) is 0 Å². The van der Waals surface area contributed by atoms with Crippen LogP contribution in [0.5, 0.6) is 0 Å². The Hall–Kier alpha value is -1.04. The molecule has 1 rings (SSSR count). The van der Waals surface area contributed by atoms with Gasteiger partial charge in [-0.25, -0.2) is 0 Å². The third kappa shape index (κ3) is 4.04. The number of hydrogen-bond donors (Lipinski definition) is 3. The lowest BCUT2D eigenvalue weighted by molar-refractivity contribution is -0.140. The summed E-state index contributed by atoms with van der Waals surface area (Å²) in [5, 5.41) is 11.8. The van der Waals surface area contributed by atoms with Gasteiger partial charge >= 0.3 is 5.97 Å². The van der Waals surface area contributed by atoms with E-state index in [2.05, 4.69) is 5.32 Å². The van der Waals surface area contributed by atoms with Crippen LogP contribution in [0.15, 0.2) is 0 Å². The van der Waals surface area contributed by atoms with Gasteiger partial charge < -0.3 is 16.2 Å². The van der Waals surface area contributed by atoms with E-state index in [1.807, 2.05) is 7.85 Å². The number of carbonyl (C=O) groups is 2. The van der Waals surface area contributed by atoms with Crippen molar-refractivity contribution >= 4 is 19.7 Å². The van der Waals surface area contributed by atoms with Gasteiger partial charge in [-0.1, -0.05) is 0 Å². The predicted octanol–water partition coefficient (Wildman–Crippen LogP) is -0.484. The number of aliphatic carboxylic acids is 1. The molecule has 96 valence electrons. The largest absolute Gasteiger partial charge is 0.481 e. The highest BCUT2D eigenvalue weighted by Crippen LogP contribution is 2.38. The van der Waals surface area contributed by atoms with E-state index in [1.165, 1.54) is 0 Å². The SMILES string of the molecule is BCC(=O)NC1CCC(CN)(CC(=O)O)CC1. The summed E-state index contributed by atoms with van der Waals surface area (Å²) >= 11 is 0. The van der Waals surface area contributed by atoms with E-state index in [1.54, 1.807) is 0 Å². The molecule has 0 atom stereocenters. The first-order valence-corrected chi connectivity index (χ1v) is 6.22. The van der Waals surface area contributed by atoms with Gasteiger partial charge in [0.05, 0.1) is 6.42 Å². The van der Waals surface area contributed by atoms with Gasteiger partial charge in [-0.3, -0.25) is 9.59 Å². The maximum absolute atomic E-state index is 11.3. The maximum Gasteiger partial charge on any atom is 0.303 e. The molecule has 0 radical (unpaired) electrons. The van der Waals surface area contributed by atoms with Crippen LogP contribution in [-0.4, -0.2) is 37.4 Å². The Kier molecular flexibility index (Phi) is 4.99. The molecule has 1 saturated carbocycles. The van der Waals surface area contributed by atoms with Crippen LogP contribution in [0.2, 0.25) is 6.32 Å². The second kappa shape index (κ2) is 6.05. The number of hydrogen-bond acceptors (Lipinski definition) is 3. The van der Waals surface area contributed by atoms with Crippen LogP contribution < -0.4 is 11.1 Å². The fourth-order valence-corrected chi connectivity index (χ4v) is 2.48. The van der Waals surface area contributed by atoms with Gasteiger partial charge in [-0.2, -0.15) is 0 Å². The van der Waals surface area contributed by atoms with Crippen LogP contribution >= 0.6 is 0 Å². The summed E-state index contributed by atoms with van der Waals surface area (Å²) in [7, 11) is 1.83. The number of rotatable bonds is 5. The summed E-state index contributed by atoms with van der Waals surface area (Å²) in [6, 6.07) is 0.191. The summed E-state index contributed by atoms with van der Waals surface area (Å²) in [6.45, 7) is 0.410. The van der Waals surface area contributed by atoms with Crippen molar-refractivity contribution in [3.8, 4) is 0 Å². The molecule has 0 bridgehead atoms. The lowest BCUT2D eigenvalue weighted by Gasteiger charge is -2.38. The molecule has 0 unspecified atom stereocenters. The van der Waals surface area contributed by atoms with Crippen LogP contribution in [0.1, 0.15) is 32.1 Å². The van der Waals surface area contributed by atoms with E-state index in [4.69, 9.17) is 10.8 Å². The van der Waals surface area contributed by atoms with Gasteiger partial charge in [0.1, 0.15) is 7.85 Å². The molecule has 1 amide bonds. The number of carbonyl (C=O) groups excluding carboxylic acids is 1. The summed E-state index contributed by atoms with van der Waals surface area (Å²) in [4.78, 5) is 22.1. The molecule has 0 aromatic heterocycles. The third-order valence-corrected chi connectivity index (χ3v) is 3.69. The number of amides is 1. The van der Waals surface area contributed by atoms with Gasteiger partial charge in [0.25, 0.3) is 0 Å². The minimum absolute atomic E-state index is 0.0634. The highest BCUT2D eigenvalue weighted by atomic mass is 16.4. The molecule has 0 aromatic carbocycles. The summed E-state index contributed by atoms with van der Waals surface area (Å²) < 4.78 is 0. The van der Waals surface area contributed by atoms with E-state index in [0.717, 1.165) is 25.7 Å². The second-order valence-corrected chi connectivity index (χ2v) is 4.97. The van der Waals surface area contributed by atoms with E-state index >= 15 is 0 Å². The third-order valence-electron chi connectivity index (χ3n) is 3.69. The van der Waals surface area contributed by atoms with Crippen LogP contribution in [0, 0.1) is 5.41 Å². The van der Waals surface area contributed by atoms with Crippen molar-refractivity contribution in [2.45, 2.75) is 44.5 Å². The molecule has 1 aliphatic rings. The van der Waals surface area contributed by atoms with E-state index in [9.17, 15) is 9.59 Å². The molecule has 0 heterocycles. The number of nitrogens with two attached hydrogens (primary N) is 1. The molecule has 6 heteroatoms. The highest BCUT2D eigenvalue weighted by molar-refractivity contribution is 6.19. The van der Waals surface area contributed by atoms with Gasteiger partial charge in [0.15, 0.2) is 0 Å². The quantitative estimate of drug-likeness (QED) is 0.566. The molecule has 1 aliphatic carbocycles. The van der Waals surface area contributed by atoms with Crippen molar-refractivity contribution in [2.24, 2.45) is 11.1 Å². The molecule has 1 fully saturated rings. The van der Waals surface area contributed by atoms with Gasteiger partial charge in [-0.05, 0) is 44.0 Å². The van der Waals surface area contributed by atoms with Crippen LogP contribution in [0.3, 0.4) is 0 Å². The first-order valence-electron chi connectivity index (χ1n) is 6.22. The zero-order chi connectivity index (χ0) is 12.9. The number of carboxylic acid groups (broad SMARTS) is 1. The Morgan fingerprint density at radius 1 is 1.41 bits per heavy atom. The van der Waals surface area contributed by atoms with Crippen LogP contribution in [0.25, 0.3) is 0 Å². The fourth-order valence-electron chi connectivity index (χ4n) is 2.48. The summed E-state index contributed by atoms with van der Waals surface area (Å²) in [5.41, 5.74) is 5.44. The zero-order valence-corrected chi connectivity index (χ0v) is 10.4. The average Bonchev–Trinajstić information content (AvgIpc) is 2.31. The van der Waals surface area contributed by atoms with E-state index in [-0.39, 0.29) is 23.8 Å². The van der Waals surface area contributed by atoms with Crippen LogP contribution in [0.4, 0.5) is 0 Å². The monoisotopic (exact) mass is 240 g/mol. The maximum atomic E-state index is 11.3. The lowest BCUT2D eigenvalue weighted by atomic mass is 9.70. The summed E-state index contributed by atoms with van der Waals surface area (Å²) in [5.74, 6) is -0.722. The minimum Gasteiger partial charge on any atom is -0.481 e. The first kappa shape index (κ1) is 14.0. The van der Waals surface area contributed by atoms with Gasteiger partial charge in [-0.15, -0.1) is 0 Å². The van der Waals surface area contributed by atoms with E-state index in [0.29, 0.717) is 12.9 Å². The zero-order valence-electron chi connectivity index (χ0n) is 10.4. The molecule has 4 N–H and O–H groups in total. The normalized spacial score (nSPS) is 28.6. The molecule has 0 aromatic rings. The molecule has 0 saturated heterocycles. The fraction of sp³-hybridized carbons (Fsp3) is 0.818. The predicted molar refractivity (Wildman–Crippen MR) is 67.5 cm³/mol. The Bertz CT molecular complexity index is 288. The Morgan fingerprint density at radius 3 is 2.41 bits per heavy atom. The summed E-state index contributed by atoms with van der Waals surface area (Å²) in [6.07, 6.45) is 3.85. The van der Waals surface area contributed by atoms with Crippen molar-refractivity contribution < 1.29 is 14.7 Å². The van der Waals surface area contributed by atoms with Crippen molar-refractivity contribution in [3.63, 3.8) is 0 Å². The Morgan fingerprint density at radius 2 is 2.00 bits per heavy atom.